The van der Waals surface area contributed by atoms with Gasteiger partial charge in [-0.15, -0.1) is 0 Å². The minimum absolute atomic E-state index is 0.785. The molecule has 1 fully saturated rings. The Morgan fingerprint density at radius 3 is 3.00 bits per heavy atom. The van der Waals surface area contributed by atoms with Gasteiger partial charge in [0, 0.05) is 24.7 Å². The third-order valence-corrected chi connectivity index (χ3v) is 4.64. The van der Waals surface area contributed by atoms with Gasteiger partial charge in [-0.05, 0) is 38.2 Å². The second-order valence-electron chi connectivity index (χ2n) is 4.75. The normalized spacial score (nSPS) is 18.2. The van der Waals surface area contributed by atoms with Crippen LogP contribution in [-0.2, 0) is 0 Å². The average Bonchev–Trinajstić information content (AvgIpc) is 2.63. The lowest BCUT2D eigenvalue weighted by molar-refractivity contribution is 0.360. The highest BCUT2D eigenvalue weighted by atomic mass is 35.5. The van der Waals surface area contributed by atoms with E-state index in [4.69, 9.17) is 16.6 Å². The lowest BCUT2D eigenvalue weighted by Crippen LogP contribution is -2.28. The Balaban J connectivity index is 1.89. The van der Waals surface area contributed by atoms with Gasteiger partial charge in [0.25, 0.3) is 0 Å². The van der Waals surface area contributed by atoms with Crippen molar-refractivity contribution in [2.24, 2.45) is 0 Å². The zero-order chi connectivity index (χ0) is 12.5. The minimum atomic E-state index is 0.785. The van der Waals surface area contributed by atoms with Crippen molar-refractivity contribution in [3.63, 3.8) is 0 Å². The second-order valence-corrected chi connectivity index (χ2v) is 6.20. The van der Waals surface area contributed by atoms with Crippen LogP contribution in [0.1, 0.15) is 6.42 Å². The number of fused-ring (bicyclic) bond motifs is 1. The van der Waals surface area contributed by atoms with Gasteiger partial charge in [0.2, 0.25) is 0 Å². The molecule has 1 aromatic carbocycles. The van der Waals surface area contributed by atoms with Crippen LogP contribution in [-0.4, -0.2) is 43.1 Å². The van der Waals surface area contributed by atoms with Crippen LogP contribution in [0.5, 0.6) is 0 Å². The summed E-state index contributed by atoms with van der Waals surface area (Å²) in [6, 6.07) is 5.91. The van der Waals surface area contributed by atoms with Crippen molar-refractivity contribution >= 4 is 38.3 Å². The Labute approximate surface area is 116 Å². The van der Waals surface area contributed by atoms with Crippen LogP contribution >= 0.6 is 22.9 Å². The maximum Gasteiger partial charge on any atom is 0.186 e. The van der Waals surface area contributed by atoms with Gasteiger partial charge in [0.05, 0.1) is 10.2 Å². The van der Waals surface area contributed by atoms with Gasteiger partial charge in [0.1, 0.15) is 0 Å². The molecule has 18 heavy (non-hydrogen) atoms. The molecular formula is C13H16ClN3S. The van der Waals surface area contributed by atoms with Crippen molar-refractivity contribution in [2.45, 2.75) is 6.42 Å². The first-order chi connectivity index (χ1) is 8.72. The molecule has 1 aliphatic heterocycles. The summed E-state index contributed by atoms with van der Waals surface area (Å²) in [5, 5.41) is 1.91. The minimum Gasteiger partial charge on any atom is -0.347 e. The Morgan fingerprint density at radius 1 is 1.22 bits per heavy atom. The molecule has 0 N–H and O–H groups in total. The fourth-order valence-corrected chi connectivity index (χ4v) is 3.55. The van der Waals surface area contributed by atoms with E-state index in [-0.39, 0.29) is 0 Å². The predicted molar refractivity (Wildman–Crippen MR) is 79.0 cm³/mol. The zero-order valence-electron chi connectivity index (χ0n) is 10.4. The molecule has 0 amide bonds. The Bertz CT molecular complexity index is 554. The van der Waals surface area contributed by atoms with E-state index in [0.717, 1.165) is 35.3 Å². The van der Waals surface area contributed by atoms with Gasteiger partial charge in [-0.1, -0.05) is 22.9 Å². The van der Waals surface area contributed by atoms with Crippen LogP contribution in [0.3, 0.4) is 0 Å². The van der Waals surface area contributed by atoms with E-state index in [2.05, 4.69) is 16.8 Å². The van der Waals surface area contributed by atoms with Crippen LogP contribution in [0.25, 0.3) is 10.2 Å². The fourth-order valence-electron chi connectivity index (χ4n) is 2.26. The molecule has 3 nitrogen and oxygen atoms in total. The largest absolute Gasteiger partial charge is 0.347 e. The number of halogens is 1. The van der Waals surface area contributed by atoms with Crippen LogP contribution in [0.2, 0.25) is 5.02 Å². The summed E-state index contributed by atoms with van der Waals surface area (Å²) in [7, 11) is 2.18. The quantitative estimate of drug-likeness (QED) is 0.801. The van der Waals surface area contributed by atoms with E-state index in [1.165, 1.54) is 17.7 Å². The summed E-state index contributed by atoms with van der Waals surface area (Å²) in [5.74, 6) is 0. The number of thiazole rings is 1. The standard InChI is InChI=1S/C13H16ClN3S/c1-16-5-2-6-17(8-7-16)13-15-11-4-3-10(14)9-12(11)18-13/h3-4,9H,2,5-8H2,1H3. The highest BCUT2D eigenvalue weighted by Crippen LogP contribution is 2.31. The number of hydrogen-bond donors (Lipinski definition) is 0. The monoisotopic (exact) mass is 281 g/mol. The van der Waals surface area contributed by atoms with Gasteiger partial charge in [0.15, 0.2) is 5.13 Å². The summed E-state index contributed by atoms with van der Waals surface area (Å²) in [5.41, 5.74) is 1.05. The van der Waals surface area contributed by atoms with Crippen molar-refractivity contribution in [3.8, 4) is 0 Å². The van der Waals surface area contributed by atoms with E-state index in [1.54, 1.807) is 11.3 Å². The van der Waals surface area contributed by atoms with Gasteiger partial charge >= 0.3 is 0 Å². The molecule has 2 heterocycles. The Hall–Kier alpha value is -0.840. The second kappa shape index (κ2) is 5.03. The molecule has 2 aromatic rings. The molecule has 0 bridgehead atoms. The first-order valence-electron chi connectivity index (χ1n) is 6.22. The van der Waals surface area contributed by atoms with Gasteiger partial charge < -0.3 is 9.80 Å². The first-order valence-corrected chi connectivity index (χ1v) is 7.41. The van der Waals surface area contributed by atoms with Gasteiger partial charge in [-0.2, -0.15) is 0 Å². The summed E-state index contributed by atoms with van der Waals surface area (Å²) in [6.07, 6.45) is 1.20. The molecule has 0 saturated carbocycles. The molecule has 0 atom stereocenters. The third kappa shape index (κ3) is 2.46. The van der Waals surface area contributed by atoms with Crippen molar-refractivity contribution < 1.29 is 0 Å². The number of nitrogens with zero attached hydrogens (tertiary/aromatic N) is 3. The first kappa shape index (κ1) is 12.2. The number of likely N-dealkylation sites (N-methyl/N-ethyl adjacent to an activating group) is 1. The maximum atomic E-state index is 6.02. The molecule has 0 aliphatic carbocycles. The summed E-state index contributed by atoms with van der Waals surface area (Å²) in [4.78, 5) is 9.48. The molecular weight excluding hydrogens is 266 g/mol. The highest BCUT2D eigenvalue weighted by molar-refractivity contribution is 7.22. The van der Waals surface area contributed by atoms with Gasteiger partial charge in [-0.25, -0.2) is 4.98 Å². The van der Waals surface area contributed by atoms with Crippen LogP contribution in [0.4, 0.5) is 5.13 Å². The predicted octanol–water partition coefficient (Wildman–Crippen LogP) is 3.09. The molecule has 1 aliphatic rings. The number of anilines is 1. The number of rotatable bonds is 1. The Kier molecular flexibility index (Phi) is 3.41. The van der Waals surface area contributed by atoms with E-state index >= 15 is 0 Å². The summed E-state index contributed by atoms with van der Waals surface area (Å²) >= 11 is 7.76. The van der Waals surface area contributed by atoms with Crippen molar-refractivity contribution in [3.05, 3.63) is 23.2 Å². The lowest BCUT2D eigenvalue weighted by Gasteiger charge is -2.18. The van der Waals surface area contributed by atoms with Crippen molar-refractivity contribution in [2.75, 3.05) is 38.1 Å². The molecule has 0 spiro atoms. The number of benzene rings is 1. The molecule has 96 valence electrons. The van der Waals surface area contributed by atoms with Crippen molar-refractivity contribution in [1.29, 1.82) is 0 Å². The van der Waals surface area contributed by atoms with Gasteiger partial charge in [-0.3, -0.25) is 0 Å². The number of aromatic nitrogens is 1. The topological polar surface area (TPSA) is 19.4 Å². The van der Waals surface area contributed by atoms with Crippen LogP contribution in [0.15, 0.2) is 18.2 Å². The molecule has 1 saturated heterocycles. The van der Waals surface area contributed by atoms with Crippen molar-refractivity contribution in [1.82, 2.24) is 9.88 Å². The maximum absolute atomic E-state index is 6.02. The lowest BCUT2D eigenvalue weighted by atomic mass is 10.3. The zero-order valence-corrected chi connectivity index (χ0v) is 12.0. The van der Waals surface area contributed by atoms with Crippen LogP contribution < -0.4 is 4.90 Å². The SMILES string of the molecule is CN1CCCN(c2nc3ccc(Cl)cc3s2)CC1. The average molecular weight is 282 g/mol. The molecule has 1 aromatic heterocycles. The fraction of sp³-hybridized carbons (Fsp3) is 0.462. The Morgan fingerprint density at radius 2 is 2.11 bits per heavy atom. The smallest absolute Gasteiger partial charge is 0.186 e. The van der Waals surface area contributed by atoms with E-state index in [0.29, 0.717) is 0 Å². The van der Waals surface area contributed by atoms with E-state index in [9.17, 15) is 0 Å². The summed E-state index contributed by atoms with van der Waals surface area (Å²) in [6.45, 7) is 4.44. The third-order valence-electron chi connectivity index (χ3n) is 3.33. The van der Waals surface area contributed by atoms with E-state index < -0.39 is 0 Å². The molecule has 5 heteroatoms. The van der Waals surface area contributed by atoms with Crippen LogP contribution in [0, 0.1) is 0 Å². The molecule has 0 radical (unpaired) electrons. The number of hydrogen-bond acceptors (Lipinski definition) is 4. The molecule has 3 rings (SSSR count). The highest BCUT2D eigenvalue weighted by Gasteiger charge is 2.16. The summed E-state index contributed by atoms with van der Waals surface area (Å²) < 4.78 is 1.18. The molecule has 0 unspecified atom stereocenters. The van der Waals surface area contributed by atoms with E-state index in [1.807, 2.05) is 18.2 Å².